The van der Waals surface area contributed by atoms with E-state index in [1.807, 2.05) is 48.5 Å². The monoisotopic (exact) mass is 414 g/mol. The number of nitrogens with zero attached hydrogens (tertiary/aromatic N) is 4. The van der Waals surface area contributed by atoms with Gasteiger partial charge in [0.15, 0.2) is 0 Å². The average Bonchev–Trinajstić information content (AvgIpc) is 3.29. The molecular weight excluding hydrogens is 392 g/mol. The van der Waals surface area contributed by atoms with E-state index in [9.17, 15) is 5.11 Å². The second kappa shape index (κ2) is 9.26. The Bertz CT molecular complexity index is 897. The van der Waals surface area contributed by atoms with Crippen molar-refractivity contribution in [3.8, 4) is 17.2 Å². The van der Waals surface area contributed by atoms with Crippen molar-refractivity contribution < 1.29 is 14.3 Å². The Balaban J connectivity index is 1.21. The molecule has 1 atom stereocenters. The summed E-state index contributed by atoms with van der Waals surface area (Å²) in [4.78, 5) is 4.53. The largest absolute Gasteiger partial charge is 0.491 e. The molecule has 1 N–H and O–H groups in total. The van der Waals surface area contributed by atoms with Gasteiger partial charge >= 0.3 is 0 Å². The number of β-amino-alcohol motifs (C(OH)–C–C–N with tert-alkyl or cyclic N) is 1. The molecule has 4 rings (SSSR count). The number of aromatic nitrogens is 2. The Morgan fingerprint density at radius 3 is 2.52 bits per heavy atom. The molecule has 0 radical (unpaired) electrons. The number of para-hydroxylation sites is 1. The number of piperazine rings is 1. The molecule has 7 nitrogen and oxygen atoms in total. The summed E-state index contributed by atoms with van der Waals surface area (Å²) in [6.07, 6.45) is 0.738. The Hall–Kier alpha value is -2.61. The normalized spacial score (nSPS) is 16.0. The van der Waals surface area contributed by atoms with E-state index in [1.165, 1.54) is 6.39 Å². The van der Waals surface area contributed by atoms with Crippen molar-refractivity contribution in [2.45, 2.75) is 6.10 Å². The predicted octanol–water partition coefficient (Wildman–Crippen LogP) is 2.95. The topological polar surface area (TPSA) is 74.9 Å². The summed E-state index contributed by atoms with van der Waals surface area (Å²) in [7, 11) is 0. The summed E-state index contributed by atoms with van der Waals surface area (Å²) < 4.78 is 10.9. The first kappa shape index (κ1) is 19.7. The lowest BCUT2D eigenvalue weighted by Gasteiger charge is -2.37. The SMILES string of the molecule is OC(COc1ccc(-c2nnco2)cc1)CN1CCN(c2ccccc2Cl)CC1. The van der Waals surface area contributed by atoms with Crippen molar-refractivity contribution in [2.75, 3.05) is 44.2 Å². The number of benzene rings is 2. The van der Waals surface area contributed by atoms with Crippen LogP contribution in [0.1, 0.15) is 0 Å². The van der Waals surface area contributed by atoms with Crippen LogP contribution < -0.4 is 9.64 Å². The van der Waals surface area contributed by atoms with E-state index in [2.05, 4.69) is 20.0 Å². The van der Waals surface area contributed by atoms with Crippen LogP contribution in [0.2, 0.25) is 5.02 Å². The molecule has 1 aliphatic rings. The zero-order valence-corrected chi connectivity index (χ0v) is 16.7. The number of anilines is 1. The maximum Gasteiger partial charge on any atom is 0.247 e. The molecule has 0 aliphatic carbocycles. The Kier molecular flexibility index (Phi) is 6.29. The van der Waals surface area contributed by atoms with Gasteiger partial charge in [-0.3, -0.25) is 4.90 Å². The van der Waals surface area contributed by atoms with E-state index in [0.717, 1.165) is 42.5 Å². The zero-order valence-electron chi connectivity index (χ0n) is 15.9. The minimum absolute atomic E-state index is 0.241. The maximum absolute atomic E-state index is 10.4. The lowest BCUT2D eigenvalue weighted by Crippen LogP contribution is -2.49. The van der Waals surface area contributed by atoms with Crippen LogP contribution in [0.5, 0.6) is 5.75 Å². The molecule has 0 saturated carbocycles. The minimum atomic E-state index is -0.558. The van der Waals surface area contributed by atoms with E-state index < -0.39 is 6.10 Å². The molecule has 8 heteroatoms. The van der Waals surface area contributed by atoms with E-state index >= 15 is 0 Å². The number of halogens is 1. The van der Waals surface area contributed by atoms with Gasteiger partial charge in [0.05, 0.1) is 10.7 Å². The molecular formula is C21H23ClN4O3. The Labute approximate surface area is 174 Å². The summed E-state index contributed by atoms with van der Waals surface area (Å²) in [5.41, 5.74) is 1.90. The quantitative estimate of drug-likeness (QED) is 0.637. The van der Waals surface area contributed by atoms with E-state index in [0.29, 0.717) is 18.2 Å². The fourth-order valence-electron chi connectivity index (χ4n) is 3.42. The molecule has 0 spiro atoms. The first-order valence-electron chi connectivity index (χ1n) is 9.58. The number of ether oxygens (including phenoxy) is 1. The molecule has 3 aromatic rings. The third kappa shape index (κ3) is 5.06. The number of rotatable bonds is 7. The van der Waals surface area contributed by atoms with Gasteiger partial charge in [0.25, 0.3) is 0 Å². The molecule has 0 bridgehead atoms. The van der Waals surface area contributed by atoms with Gasteiger partial charge in [-0.15, -0.1) is 10.2 Å². The van der Waals surface area contributed by atoms with Crippen LogP contribution in [-0.2, 0) is 0 Å². The number of aliphatic hydroxyl groups excluding tert-OH is 1. The van der Waals surface area contributed by atoms with Gasteiger partial charge in [0.2, 0.25) is 12.3 Å². The minimum Gasteiger partial charge on any atom is -0.491 e. The lowest BCUT2D eigenvalue weighted by molar-refractivity contribution is 0.0663. The first-order chi connectivity index (χ1) is 14.2. The van der Waals surface area contributed by atoms with Crippen molar-refractivity contribution in [3.63, 3.8) is 0 Å². The predicted molar refractivity (Wildman–Crippen MR) is 111 cm³/mol. The van der Waals surface area contributed by atoms with Crippen LogP contribution in [-0.4, -0.2) is 65.6 Å². The second-order valence-corrected chi connectivity index (χ2v) is 7.38. The van der Waals surface area contributed by atoms with Gasteiger partial charge in [0.1, 0.15) is 18.5 Å². The lowest BCUT2D eigenvalue weighted by atomic mass is 10.2. The Morgan fingerprint density at radius 1 is 1.07 bits per heavy atom. The summed E-state index contributed by atoms with van der Waals surface area (Å²) in [6, 6.07) is 15.3. The van der Waals surface area contributed by atoms with Crippen LogP contribution in [0, 0.1) is 0 Å². The van der Waals surface area contributed by atoms with Gasteiger partial charge in [0, 0.05) is 38.3 Å². The van der Waals surface area contributed by atoms with Crippen LogP contribution in [0.4, 0.5) is 5.69 Å². The second-order valence-electron chi connectivity index (χ2n) is 6.97. The first-order valence-corrected chi connectivity index (χ1v) is 9.96. The van der Waals surface area contributed by atoms with Crippen molar-refractivity contribution in [2.24, 2.45) is 0 Å². The molecule has 1 aliphatic heterocycles. The van der Waals surface area contributed by atoms with Crippen LogP contribution >= 0.6 is 11.6 Å². The van der Waals surface area contributed by atoms with Crippen molar-refractivity contribution in [3.05, 3.63) is 59.9 Å². The molecule has 1 unspecified atom stereocenters. The third-order valence-electron chi connectivity index (χ3n) is 4.94. The Morgan fingerprint density at radius 2 is 1.83 bits per heavy atom. The van der Waals surface area contributed by atoms with Crippen molar-refractivity contribution in [1.29, 1.82) is 0 Å². The maximum atomic E-state index is 10.4. The van der Waals surface area contributed by atoms with Gasteiger partial charge in [-0.2, -0.15) is 0 Å². The standard InChI is InChI=1S/C21H23ClN4O3/c22-19-3-1-2-4-20(19)26-11-9-25(10-12-26)13-17(27)14-28-18-7-5-16(6-8-18)21-24-23-15-29-21/h1-8,15,17,27H,9-14H2. The van der Waals surface area contributed by atoms with Gasteiger partial charge in [-0.25, -0.2) is 0 Å². The fourth-order valence-corrected chi connectivity index (χ4v) is 3.67. The number of aliphatic hydroxyl groups is 1. The average molecular weight is 415 g/mol. The fraction of sp³-hybridized carbons (Fsp3) is 0.333. The molecule has 0 amide bonds. The van der Waals surface area contributed by atoms with Crippen LogP contribution in [0.15, 0.2) is 59.3 Å². The molecule has 1 fully saturated rings. The molecule has 2 heterocycles. The number of hydrogen-bond acceptors (Lipinski definition) is 7. The highest BCUT2D eigenvalue weighted by Gasteiger charge is 2.21. The summed E-state index contributed by atoms with van der Waals surface area (Å²) in [6.45, 7) is 4.34. The van der Waals surface area contributed by atoms with Gasteiger partial charge in [-0.1, -0.05) is 23.7 Å². The van der Waals surface area contributed by atoms with Crippen molar-refractivity contribution in [1.82, 2.24) is 15.1 Å². The smallest absolute Gasteiger partial charge is 0.247 e. The van der Waals surface area contributed by atoms with E-state index in [-0.39, 0.29) is 6.61 Å². The van der Waals surface area contributed by atoms with Crippen LogP contribution in [0.25, 0.3) is 11.5 Å². The molecule has 29 heavy (non-hydrogen) atoms. The van der Waals surface area contributed by atoms with Crippen molar-refractivity contribution >= 4 is 17.3 Å². The van der Waals surface area contributed by atoms with Crippen LogP contribution in [0.3, 0.4) is 0 Å². The molecule has 1 saturated heterocycles. The third-order valence-corrected chi connectivity index (χ3v) is 5.26. The van der Waals surface area contributed by atoms with Gasteiger partial charge < -0.3 is 19.2 Å². The highest BCUT2D eigenvalue weighted by molar-refractivity contribution is 6.33. The zero-order chi connectivity index (χ0) is 20.1. The summed E-state index contributed by atoms with van der Waals surface area (Å²) >= 11 is 6.29. The summed E-state index contributed by atoms with van der Waals surface area (Å²) in [5.74, 6) is 1.16. The highest BCUT2D eigenvalue weighted by atomic mass is 35.5. The summed E-state index contributed by atoms with van der Waals surface area (Å²) in [5, 5.41) is 18.7. The highest BCUT2D eigenvalue weighted by Crippen LogP contribution is 2.26. The van der Waals surface area contributed by atoms with Gasteiger partial charge in [-0.05, 0) is 36.4 Å². The molecule has 1 aromatic heterocycles. The molecule has 152 valence electrons. The number of hydrogen-bond donors (Lipinski definition) is 1. The van der Waals surface area contributed by atoms with E-state index in [4.69, 9.17) is 20.8 Å². The molecule has 2 aromatic carbocycles. The van der Waals surface area contributed by atoms with E-state index in [1.54, 1.807) is 0 Å².